The molecule has 3 saturated heterocycles. The molecule has 3 aliphatic rings. The summed E-state index contributed by atoms with van der Waals surface area (Å²) >= 11 is 0. The van der Waals surface area contributed by atoms with E-state index in [1.54, 1.807) is 0 Å². The molecule has 8 rings (SSSR count). The summed E-state index contributed by atoms with van der Waals surface area (Å²) < 4.78 is 0.926. The smallest absolute Gasteiger partial charge is 0.131 e. The lowest BCUT2D eigenvalue weighted by Crippen LogP contribution is -2.67. The summed E-state index contributed by atoms with van der Waals surface area (Å²) in [5.74, 6) is 1.11. The molecule has 2 nitrogen and oxygen atoms in total. The molecule has 5 atom stereocenters. The maximum Gasteiger partial charge on any atom is 0.131 e. The normalized spacial score (nSPS) is 26.0. The second-order valence-corrected chi connectivity index (χ2v) is 11.3. The van der Waals surface area contributed by atoms with Gasteiger partial charge in [0.25, 0.3) is 0 Å². The van der Waals surface area contributed by atoms with Crippen LogP contribution in [0.4, 0.5) is 0 Å². The monoisotopic (exact) mass is 484 g/mol. The molecule has 3 heterocycles. The van der Waals surface area contributed by atoms with E-state index in [2.05, 4.69) is 110 Å². The van der Waals surface area contributed by atoms with Gasteiger partial charge in [-0.1, -0.05) is 97.1 Å². The van der Waals surface area contributed by atoms with Crippen LogP contribution in [0.3, 0.4) is 0 Å². The highest BCUT2D eigenvalue weighted by molar-refractivity contribution is 6.02. The van der Waals surface area contributed by atoms with Crippen LogP contribution in [0.15, 0.2) is 110 Å². The fourth-order valence-corrected chi connectivity index (χ4v) is 7.69. The van der Waals surface area contributed by atoms with Gasteiger partial charge < -0.3 is 9.59 Å². The standard InChI is InChI=1S/C35H34NO/c1-2-24-22-36(23-33-30-15-7-4-11-27(30)20-28-12-5-8-16-31(28)33)19-18-26(24)21-34(36)35(37)32-17-9-13-25-10-3-6-14-29(25)32/h2-17,20,24,26,34-35,37H,1,18-19,21-23H2/q+1/t24-,26+,34+,35+,36+/m1/s1. The summed E-state index contributed by atoms with van der Waals surface area (Å²) in [5, 5.41) is 19.8. The van der Waals surface area contributed by atoms with Crippen LogP contribution in [0.25, 0.3) is 32.3 Å². The first kappa shape index (κ1) is 22.7. The van der Waals surface area contributed by atoms with Crippen LogP contribution in [-0.4, -0.2) is 28.7 Å². The summed E-state index contributed by atoms with van der Waals surface area (Å²) in [6, 6.07) is 35.0. The Kier molecular flexibility index (Phi) is 5.42. The number of hydrogen-bond donors (Lipinski definition) is 1. The number of fused-ring (bicyclic) bond motifs is 6. The van der Waals surface area contributed by atoms with Crippen molar-refractivity contribution in [3.05, 3.63) is 121 Å². The first-order chi connectivity index (χ1) is 18.2. The van der Waals surface area contributed by atoms with Crippen LogP contribution in [0, 0.1) is 11.8 Å². The minimum absolute atomic E-state index is 0.165. The lowest BCUT2D eigenvalue weighted by molar-refractivity contribution is -0.984. The van der Waals surface area contributed by atoms with Crippen molar-refractivity contribution in [3.63, 3.8) is 0 Å². The van der Waals surface area contributed by atoms with Gasteiger partial charge in [0.05, 0.1) is 13.1 Å². The Labute approximate surface area is 219 Å². The Hall–Kier alpha value is -3.46. The molecule has 5 aromatic rings. The van der Waals surface area contributed by atoms with E-state index in [-0.39, 0.29) is 6.04 Å². The van der Waals surface area contributed by atoms with E-state index in [1.165, 1.54) is 44.3 Å². The number of hydrogen-bond acceptors (Lipinski definition) is 1. The molecule has 37 heavy (non-hydrogen) atoms. The van der Waals surface area contributed by atoms with E-state index in [0.29, 0.717) is 11.8 Å². The van der Waals surface area contributed by atoms with Gasteiger partial charge in [-0.25, -0.2) is 0 Å². The molecule has 184 valence electrons. The number of aliphatic hydroxyl groups is 1. The molecule has 5 aromatic carbocycles. The quantitative estimate of drug-likeness (QED) is 0.153. The minimum Gasteiger partial charge on any atom is -0.382 e. The maximum absolute atomic E-state index is 12.2. The summed E-state index contributed by atoms with van der Waals surface area (Å²) in [6.45, 7) is 7.34. The Morgan fingerprint density at radius 2 is 1.43 bits per heavy atom. The van der Waals surface area contributed by atoms with Crippen molar-refractivity contribution >= 4 is 32.3 Å². The summed E-state index contributed by atoms with van der Waals surface area (Å²) in [4.78, 5) is 0. The number of rotatable bonds is 5. The number of piperidine rings is 3. The van der Waals surface area contributed by atoms with Gasteiger partial charge in [-0.3, -0.25) is 0 Å². The van der Waals surface area contributed by atoms with Gasteiger partial charge in [0.15, 0.2) is 0 Å². The second kappa shape index (κ2) is 8.83. The molecule has 0 radical (unpaired) electrons. The van der Waals surface area contributed by atoms with Gasteiger partial charge in [0.2, 0.25) is 0 Å². The van der Waals surface area contributed by atoms with Gasteiger partial charge in [-0.15, -0.1) is 6.58 Å². The van der Waals surface area contributed by atoms with Crippen LogP contribution < -0.4 is 0 Å². The SMILES string of the molecule is C=C[C@@H]1C[N@+]2(Cc3c4ccccc4cc4ccccc34)CC[C@H]1C[C@H]2[C@@H](O)c1cccc2ccccc12. The number of benzene rings is 5. The Balaban J connectivity index is 1.39. The molecule has 0 spiro atoms. The van der Waals surface area contributed by atoms with E-state index >= 15 is 0 Å². The lowest BCUT2D eigenvalue weighted by atomic mass is 9.70. The molecule has 0 aliphatic carbocycles. The van der Waals surface area contributed by atoms with Gasteiger partial charge >= 0.3 is 0 Å². The fourth-order valence-electron chi connectivity index (χ4n) is 7.69. The van der Waals surface area contributed by atoms with E-state index < -0.39 is 6.10 Å². The van der Waals surface area contributed by atoms with E-state index in [0.717, 1.165) is 36.1 Å². The molecule has 3 fully saturated rings. The van der Waals surface area contributed by atoms with E-state index in [4.69, 9.17) is 0 Å². The van der Waals surface area contributed by atoms with Gasteiger partial charge in [-0.2, -0.15) is 0 Å². The summed E-state index contributed by atoms with van der Waals surface area (Å²) in [6.07, 6.45) is 3.95. The topological polar surface area (TPSA) is 20.2 Å². The third-order valence-corrected chi connectivity index (χ3v) is 9.54. The van der Waals surface area contributed by atoms with Crippen molar-refractivity contribution in [2.75, 3.05) is 13.1 Å². The molecule has 0 aromatic heterocycles. The third kappa shape index (κ3) is 3.62. The zero-order valence-corrected chi connectivity index (χ0v) is 21.3. The summed E-state index contributed by atoms with van der Waals surface area (Å²) in [7, 11) is 0. The van der Waals surface area contributed by atoms with Crippen LogP contribution in [0.1, 0.15) is 30.1 Å². The Morgan fingerprint density at radius 3 is 2.14 bits per heavy atom. The molecular formula is C35H34NO+. The van der Waals surface area contributed by atoms with Crippen LogP contribution in [-0.2, 0) is 6.54 Å². The van der Waals surface area contributed by atoms with Crippen molar-refractivity contribution < 1.29 is 9.59 Å². The molecule has 0 saturated carbocycles. The van der Waals surface area contributed by atoms with Crippen LogP contribution >= 0.6 is 0 Å². The highest BCUT2D eigenvalue weighted by Gasteiger charge is 2.54. The molecule has 0 amide bonds. The van der Waals surface area contributed by atoms with Crippen LogP contribution in [0.2, 0.25) is 0 Å². The highest BCUT2D eigenvalue weighted by atomic mass is 16.3. The zero-order chi connectivity index (χ0) is 25.0. The highest BCUT2D eigenvalue weighted by Crippen LogP contribution is 2.49. The zero-order valence-electron chi connectivity index (χ0n) is 21.3. The average molecular weight is 485 g/mol. The molecule has 2 heteroatoms. The number of nitrogens with zero attached hydrogens (tertiary/aromatic N) is 1. The predicted octanol–water partition coefficient (Wildman–Crippen LogP) is 7.79. The predicted molar refractivity (Wildman–Crippen MR) is 154 cm³/mol. The van der Waals surface area contributed by atoms with Gasteiger partial charge in [-0.05, 0) is 49.9 Å². The van der Waals surface area contributed by atoms with Crippen LogP contribution in [0.5, 0.6) is 0 Å². The molecule has 3 aliphatic heterocycles. The third-order valence-electron chi connectivity index (χ3n) is 9.54. The van der Waals surface area contributed by atoms with Gasteiger partial charge in [0, 0.05) is 24.3 Å². The maximum atomic E-state index is 12.2. The Morgan fingerprint density at radius 1 is 0.811 bits per heavy atom. The molecule has 0 unspecified atom stereocenters. The largest absolute Gasteiger partial charge is 0.382 e. The molecule has 1 N–H and O–H groups in total. The van der Waals surface area contributed by atoms with E-state index in [1.807, 2.05) is 0 Å². The number of quaternary nitrogens is 1. The fraction of sp³-hybridized carbons (Fsp3) is 0.257. The van der Waals surface area contributed by atoms with Crippen molar-refractivity contribution in [1.29, 1.82) is 0 Å². The second-order valence-electron chi connectivity index (χ2n) is 11.3. The lowest BCUT2D eigenvalue weighted by Gasteiger charge is -2.58. The number of aliphatic hydroxyl groups excluding tert-OH is 1. The summed E-state index contributed by atoms with van der Waals surface area (Å²) in [5.41, 5.74) is 2.50. The van der Waals surface area contributed by atoms with Crippen molar-refractivity contribution in [1.82, 2.24) is 0 Å². The van der Waals surface area contributed by atoms with Gasteiger partial charge in [0.1, 0.15) is 18.7 Å². The van der Waals surface area contributed by atoms with Crippen molar-refractivity contribution in [3.8, 4) is 0 Å². The molecule has 2 bridgehead atoms. The van der Waals surface area contributed by atoms with Crippen molar-refractivity contribution in [2.24, 2.45) is 11.8 Å². The minimum atomic E-state index is -0.499. The average Bonchev–Trinajstić information content (AvgIpc) is 2.96. The van der Waals surface area contributed by atoms with E-state index in [9.17, 15) is 5.11 Å². The molecular weight excluding hydrogens is 450 g/mol. The Bertz CT molecular complexity index is 1580. The first-order valence-corrected chi connectivity index (χ1v) is 13.7. The van der Waals surface area contributed by atoms with Crippen molar-refractivity contribution in [2.45, 2.75) is 31.5 Å². The first-order valence-electron chi connectivity index (χ1n) is 13.7.